The second-order valence-corrected chi connectivity index (χ2v) is 8.20. The molecule has 2 saturated heterocycles. The maximum Gasteiger partial charge on any atom is 0.217 e. The molecule has 0 spiro atoms. The molecule has 2 fully saturated rings. The van der Waals surface area contributed by atoms with Gasteiger partial charge < -0.3 is 54.9 Å². The van der Waals surface area contributed by atoms with Crippen molar-refractivity contribution < 1.29 is 54.4 Å². The Balaban J connectivity index is 2.03. The molecule has 2 aliphatic heterocycles. The Morgan fingerprint density at radius 1 is 1.15 bits per heavy atom. The van der Waals surface area contributed by atoms with E-state index in [-0.39, 0.29) is 32.5 Å². The number of carbonyl (C=O) groups is 1. The zero-order valence-corrected chi connectivity index (χ0v) is 18.7. The van der Waals surface area contributed by atoms with Gasteiger partial charge in [0.2, 0.25) is 5.91 Å². The summed E-state index contributed by atoms with van der Waals surface area (Å²) in [5.41, 5.74) is 0. The van der Waals surface area contributed by atoms with Gasteiger partial charge in [-0.1, -0.05) is 6.92 Å². The van der Waals surface area contributed by atoms with Gasteiger partial charge in [-0.3, -0.25) is 4.79 Å². The third-order valence-electron chi connectivity index (χ3n) is 5.67. The van der Waals surface area contributed by atoms with Crippen molar-refractivity contribution in [1.82, 2.24) is 5.32 Å². The van der Waals surface area contributed by atoms with Crippen LogP contribution in [-0.2, 0) is 23.7 Å². The Labute approximate surface area is 192 Å². The largest absolute Gasteiger partial charge is 0.391 e. The van der Waals surface area contributed by atoms with Crippen LogP contribution < -0.4 is 5.32 Å². The van der Waals surface area contributed by atoms with Crippen LogP contribution in [0.2, 0.25) is 0 Å². The molecule has 12 nitrogen and oxygen atoms in total. The minimum atomic E-state index is -1.57. The molecule has 0 saturated carbocycles. The molecular weight excluding hydrogens is 442 g/mol. The van der Waals surface area contributed by atoms with Gasteiger partial charge in [-0.25, -0.2) is 0 Å². The normalized spacial score (nSPS) is 38.8. The molecule has 0 aliphatic carbocycles. The van der Waals surface area contributed by atoms with Crippen molar-refractivity contribution in [2.24, 2.45) is 0 Å². The lowest BCUT2D eigenvalue weighted by molar-refractivity contribution is -0.316. The molecule has 2 aliphatic rings. The summed E-state index contributed by atoms with van der Waals surface area (Å²) in [4.78, 5) is 11.5. The van der Waals surface area contributed by atoms with Gasteiger partial charge in [0, 0.05) is 19.8 Å². The van der Waals surface area contributed by atoms with Gasteiger partial charge in [-0.2, -0.15) is 0 Å². The molecule has 1 amide bonds. The van der Waals surface area contributed by atoms with Crippen LogP contribution in [0.3, 0.4) is 0 Å². The van der Waals surface area contributed by atoms with Gasteiger partial charge in [0.1, 0.15) is 36.6 Å². The Morgan fingerprint density at radius 3 is 2.45 bits per heavy atom. The highest BCUT2D eigenvalue weighted by atomic mass is 16.7. The van der Waals surface area contributed by atoms with Gasteiger partial charge in [-0.15, -0.1) is 12.3 Å². The van der Waals surface area contributed by atoms with Crippen molar-refractivity contribution in [3.05, 3.63) is 0 Å². The second-order valence-electron chi connectivity index (χ2n) is 8.20. The molecule has 0 aromatic carbocycles. The van der Waals surface area contributed by atoms with Crippen molar-refractivity contribution in [2.75, 3.05) is 13.2 Å². The van der Waals surface area contributed by atoms with Crippen LogP contribution in [0, 0.1) is 12.3 Å². The number of terminal acetylenes is 1. The highest BCUT2D eigenvalue weighted by Gasteiger charge is 2.47. The first-order valence-electron chi connectivity index (χ1n) is 10.9. The van der Waals surface area contributed by atoms with Gasteiger partial charge in [-0.05, 0) is 6.42 Å². The van der Waals surface area contributed by atoms with Gasteiger partial charge in [0.15, 0.2) is 12.6 Å². The fourth-order valence-electron chi connectivity index (χ4n) is 3.78. The van der Waals surface area contributed by atoms with Crippen molar-refractivity contribution in [1.29, 1.82) is 0 Å². The van der Waals surface area contributed by atoms with E-state index in [1.807, 2.05) is 0 Å². The lowest BCUT2D eigenvalue weighted by Crippen LogP contribution is -2.63. The summed E-state index contributed by atoms with van der Waals surface area (Å²) in [6.07, 6.45) is -7.43. The van der Waals surface area contributed by atoms with E-state index in [0.717, 1.165) is 0 Å². The fourth-order valence-corrected chi connectivity index (χ4v) is 3.78. The number of ether oxygens (including phenoxy) is 4. The summed E-state index contributed by atoms with van der Waals surface area (Å²) in [5.74, 6) is 1.91. The van der Waals surface area contributed by atoms with Crippen LogP contribution in [0.5, 0.6) is 0 Å². The Bertz CT molecular complexity index is 659. The highest BCUT2D eigenvalue weighted by Crippen LogP contribution is 2.27. The first kappa shape index (κ1) is 27.9. The van der Waals surface area contributed by atoms with E-state index < -0.39 is 73.4 Å². The van der Waals surface area contributed by atoms with Crippen LogP contribution in [0.4, 0.5) is 0 Å². The lowest BCUT2D eigenvalue weighted by atomic mass is 9.91. The van der Waals surface area contributed by atoms with Gasteiger partial charge >= 0.3 is 0 Å². The zero-order chi connectivity index (χ0) is 24.7. The van der Waals surface area contributed by atoms with E-state index in [2.05, 4.69) is 11.2 Å². The summed E-state index contributed by atoms with van der Waals surface area (Å²) in [6, 6.07) is -0.985. The van der Waals surface area contributed by atoms with Crippen LogP contribution >= 0.6 is 0 Å². The predicted octanol–water partition coefficient (Wildman–Crippen LogP) is -3.04. The number of aliphatic hydroxyl groups is 6. The van der Waals surface area contributed by atoms with E-state index in [0.29, 0.717) is 0 Å². The molecule has 2 heterocycles. The molecule has 11 atom stereocenters. The molecule has 7 N–H and O–H groups in total. The summed E-state index contributed by atoms with van der Waals surface area (Å²) in [5, 5.41) is 64.0. The molecule has 2 rings (SSSR count). The van der Waals surface area contributed by atoms with Crippen molar-refractivity contribution in [3.8, 4) is 12.3 Å². The molecule has 7 unspecified atom stereocenters. The predicted molar refractivity (Wildman–Crippen MR) is 111 cm³/mol. The summed E-state index contributed by atoms with van der Waals surface area (Å²) < 4.78 is 22.2. The van der Waals surface area contributed by atoms with Crippen LogP contribution in [0.25, 0.3) is 0 Å². The SMILES string of the molecule is C#CCCOC1OC(COC2C[C@H](O)C(NC(C)=O)[C@H](C(O)[C@H](O)CC)O2)C(O)C(O)[C@H]1O. The number of nitrogens with one attached hydrogen (secondary N) is 1. The van der Waals surface area contributed by atoms with Gasteiger partial charge in [0.25, 0.3) is 0 Å². The van der Waals surface area contributed by atoms with Crippen molar-refractivity contribution in [2.45, 2.75) is 101 Å². The van der Waals surface area contributed by atoms with E-state index in [9.17, 15) is 35.4 Å². The van der Waals surface area contributed by atoms with Gasteiger partial charge in [0.05, 0.1) is 31.5 Å². The molecule has 33 heavy (non-hydrogen) atoms. The number of rotatable bonds is 10. The first-order valence-corrected chi connectivity index (χ1v) is 10.9. The van der Waals surface area contributed by atoms with E-state index in [4.69, 9.17) is 25.4 Å². The quantitative estimate of drug-likeness (QED) is 0.125. The molecule has 0 aromatic rings. The van der Waals surface area contributed by atoms with Crippen LogP contribution in [0.15, 0.2) is 0 Å². The maximum atomic E-state index is 11.5. The summed E-state index contributed by atoms with van der Waals surface area (Å²) in [6.45, 7) is 2.65. The fraction of sp³-hybridized carbons (Fsp3) is 0.857. The average molecular weight is 478 g/mol. The monoisotopic (exact) mass is 477 g/mol. The van der Waals surface area contributed by atoms with E-state index in [1.165, 1.54) is 6.92 Å². The van der Waals surface area contributed by atoms with Crippen molar-refractivity contribution >= 4 is 5.91 Å². The number of hydrogen-bond acceptors (Lipinski definition) is 11. The third kappa shape index (κ3) is 7.30. The molecule has 190 valence electrons. The van der Waals surface area contributed by atoms with Crippen molar-refractivity contribution in [3.63, 3.8) is 0 Å². The van der Waals surface area contributed by atoms with Crippen LogP contribution in [0.1, 0.15) is 33.1 Å². The first-order chi connectivity index (χ1) is 15.6. The number of aliphatic hydroxyl groups excluding tert-OH is 6. The third-order valence-corrected chi connectivity index (χ3v) is 5.67. The number of carbonyl (C=O) groups excluding carboxylic acids is 1. The standard InChI is InChI=1S/C21H35NO11/c1-4-6-7-30-21-19(29)18(28)17(27)13(32-21)9-31-14-8-12(25)15(22-10(3)23)20(33-14)16(26)11(24)5-2/h1,11-21,24-29H,5-9H2,2-3H3,(H,22,23)/t11-,12+,13?,14?,15?,16?,17?,18?,19-,20-,21?/m1/s1. The lowest BCUT2D eigenvalue weighted by Gasteiger charge is -2.44. The summed E-state index contributed by atoms with van der Waals surface area (Å²) in [7, 11) is 0. The number of amides is 1. The van der Waals surface area contributed by atoms with Crippen LogP contribution in [-0.4, -0.2) is 117 Å². The Hall–Kier alpha value is -1.37. The summed E-state index contributed by atoms with van der Waals surface area (Å²) >= 11 is 0. The average Bonchev–Trinajstić information content (AvgIpc) is 2.78. The molecule has 0 radical (unpaired) electrons. The van der Waals surface area contributed by atoms with E-state index in [1.54, 1.807) is 6.92 Å². The minimum Gasteiger partial charge on any atom is -0.391 e. The topological polar surface area (TPSA) is 187 Å². The smallest absolute Gasteiger partial charge is 0.217 e. The van der Waals surface area contributed by atoms with E-state index >= 15 is 0 Å². The molecule has 0 aromatic heterocycles. The maximum absolute atomic E-state index is 11.5. The zero-order valence-electron chi connectivity index (χ0n) is 18.7. The highest BCUT2D eigenvalue weighted by molar-refractivity contribution is 5.73. The molecule has 0 bridgehead atoms. The molecule has 12 heteroatoms. The molecular formula is C21H35NO11. The Kier molecular flexibility index (Phi) is 10.9. The Morgan fingerprint density at radius 2 is 1.85 bits per heavy atom. The minimum absolute atomic E-state index is 0.0659. The number of hydrogen-bond donors (Lipinski definition) is 7. The second kappa shape index (κ2) is 12.9.